The SMILES string of the molecule is Cn1cc(C#N)c(=O)n(Cc2csc(-c3ccccc3)n2)c1=O. The second kappa shape index (κ2) is 6.02. The second-order valence-corrected chi connectivity index (χ2v) is 5.81. The molecule has 3 rings (SSSR count). The van der Waals surface area contributed by atoms with E-state index in [1.807, 2.05) is 41.8 Å². The molecule has 0 amide bonds. The minimum Gasteiger partial charge on any atom is -0.302 e. The van der Waals surface area contributed by atoms with Gasteiger partial charge in [0.15, 0.2) is 0 Å². The van der Waals surface area contributed by atoms with Crippen molar-refractivity contribution < 1.29 is 0 Å². The van der Waals surface area contributed by atoms with E-state index in [9.17, 15) is 9.59 Å². The minimum absolute atomic E-state index is 0.0460. The summed E-state index contributed by atoms with van der Waals surface area (Å²) in [5.41, 5.74) is 0.469. The predicted octanol–water partition coefficient (Wildman–Crippen LogP) is 1.59. The van der Waals surface area contributed by atoms with E-state index in [0.717, 1.165) is 15.1 Å². The molecule has 3 aromatic rings. The van der Waals surface area contributed by atoms with Crippen molar-refractivity contribution in [3.05, 3.63) is 74.0 Å². The van der Waals surface area contributed by atoms with Crippen LogP contribution in [0, 0.1) is 11.3 Å². The van der Waals surface area contributed by atoms with E-state index >= 15 is 0 Å². The van der Waals surface area contributed by atoms with E-state index < -0.39 is 11.2 Å². The third-order valence-corrected chi connectivity index (χ3v) is 4.28. The smallest absolute Gasteiger partial charge is 0.302 e. The summed E-state index contributed by atoms with van der Waals surface area (Å²) >= 11 is 1.45. The molecular formula is C16H12N4O2S. The summed E-state index contributed by atoms with van der Waals surface area (Å²) in [6.07, 6.45) is 1.25. The molecule has 0 radical (unpaired) electrons. The molecule has 0 spiro atoms. The molecular weight excluding hydrogens is 312 g/mol. The van der Waals surface area contributed by atoms with Crippen LogP contribution in [-0.2, 0) is 13.6 Å². The lowest BCUT2D eigenvalue weighted by atomic mass is 10.2. The standard InChI is InChI=1S/C16H12N4O2S/c1-19-8-12(7-17)15(21)20(16(19)22)9-13-10-23-14(18-13)11-5-3-2-4-6-11/h2-6,8,10H,9H2,1H3. The van der Waals surface area contributed by atoms with E-state index in [0.29, 0.717) is 5.69 Å². The highest BCUT2D eigenvalue weighted by Gasteiger charge is 2.12. The number of aromatic nitrogens is 3. The molecule has 1 aromatic carbocycles. The lowest BCUT2D eigenvalue weighted by Gasteiger charge is -2.05. The quantitative estimate of drug-likeness (QED) is 0.733. The third kappa shape index (κ3) is 2.84. The number of benzene rings is 1. The van der Waals surface area contributed by atoms with Crippen LogP contribution in [0.3, 0.4) is 0 Å². The highest BCUT2D eigenvalue weighted by Crippen LogP contribution is 2.23. The Hall–Kier alpha value is -2.98. The van der Waals surface area contributed by atoms with Crippen LogP contribution in [0.5, 0.6) is 0 Å². The molecule has 0 saturated heterocycles. The fraction of sp³-hybridized carbons (Fsp3) is 0.125. The number of aryl methyl sites for hydroxylation is 1. The molecule has 0 fully saturated rings. The van der Waals surface area contributed by atoms with Gasteiger partial charge in [0.25, 0.3) is 5.56 Å². The molecule has 0 bridgehead atoms. The molecule has 7 heteroatoms. The average molecular weight is 324 g/mol. The summed E-state index contributed by atoms with van der Waals surface area (Å²) < 4.78 is 2.26. The van der Waals surface area contributed by atoms with Gasteiger partial charge in [0.05, 0.1) is 12.2 Å². The van der Waals surface area contributed by atoms with Gasteiger partial charge in [-0.2, -0.15) is 5.26 Å². The van der Waals surface area contributed by atoms with Crippen LogP contribution in [0.4, 0.5) is 0 Å². The highest BCUT2D eigenvalue weighted by atomic mass is 32.1. The normalized spacial score (nSPS) is 10.4. The van der Waals surface area contributed by atoms with Gasteiger partial charge in [-0.25, -0.2) is 9.78 Å². The first-order valence-corrected chi connectivity index (χ1v) is 7.68. The molecule has 0 aliphatic rings. The molecule has 6 nitrogen and oxygen atoms in total. The van der Waals surface area contributed by atoms with Gasteiger partial charge in [-0.15, -0.1) is 11.3 Å². The molecule has 2 aromatic heterocycles. The van der Waals surface area contributed by atoms with Crippen LogP contribution >= 0.6 is 11.3 Å². The lowest BCUT2D eigenvalue weighted by molar-refractivity contribution is 0.630. The maximum Gasteiger partial charge on any atom is 0.331 e. The summed E-state index contributed by atoms with van der Waals surface area (Å²) in [5, 5.41) is 11.6. The number of nitriles is 1. The summed E-state index contributed by atoms with van der Waals surface area (Å²) in [5.74, 6) is 0. The Morgan fingerprint density at radius 3 is 2.70 bits per heavy atom. The fourth-order valence-corrected chi connectivity index (χ4v) is 3.01. The van der Waals surface area contributed by atoms with Crippen LogP contribution in [0.1, 0.15) is 11.3 Å². The number of nitrogens with zero attached hydrogens (tertiary/aromatic N) is 4. The topological polar surface area (TPSA) is 80.7 Å². The van der Waals surface area contributed by atoms with Crippen molar-refractivity contribution in [2.45, 2.75) is 6.54 Å². The van der Waals surface area contributed by atoms with Crippen molar-refractivity contribution in [3.63, 3.8) is 0 Å². The van der Waals surface area contributed by atoms with Crippen molar-refractivity contribution in [2.75, 3.05) is 0 Å². The summed E-state index contributed by atoms with van der Waals surface area (Å²) in [7, 11) is 1.51. The van der Waals surface area contributed by atoms with Gasteiger partial charge < -0.3 is 4.57 Å². The molecule has 0 unspecified atom stereocenters. The predicted molar refractivity (Wildman–Crippen MR) is 87.3 cm³/mol. The number of rotatable bonds is 3. The fourth-order valence-electron chi connectivity index (χ4n) is 2.20. The van der Waals surface area contributed by atoms with E-state index in [-0.39, 0.29) is 12.1 Å². The summed E-state index contributed by atoms with van der Waals surface area (Å²) in [4.78, 5) is 28.8. The molecule has 0 aliphatic heterocycles. The summed E-state index contributed by atoms with van der Waals surface area (Å²) in [6, 6.07) is 11.5. The Bertz CT molecular complexity index is 1010. The zero-order chi connectivity index (χ0) is 16.4. The first kappa shape index (κ1) is 14.9. The Labute approximate surface area is 135 Å². The van der Waals surface area contributed by atoms with E-state index in [1.165, 1.54) is 29.1 Å². The number of hydrogen-bond donors (Lipinski definition) is 0. The molecule has 114 valence electrons. The van der Waals surface area contributed by atoms with E-state index in [2.05, 4.69) is 4.98 Å². The maximum atomic E-state index is 12.2. The zero-order valence-electron chi connectivity index (χ0n) is 12.3. The second-order valence-electron chi connectivity index (χ2n) is 4.95. The molecule has 0 saturated carbocycles. The maximum absolute atomic E-state index is 12.2. The van der Waals surface area contributed by atoms with Gasteiger partial charge in [0.2, 0.25) is 0 Å². The lowest BCUT2D eigenvalue weighted by Crippen LogP contribution is -2.40. The van der Waals surface area contributed by atoms with Crippen molar-refractivity contribution in [1.82, 2.24) is 14.1 Å². The van der Waals surface area contributed by atoms with Gasteiger partial charge in [-0.1, -0.05) is 30.3 Å². The van der Waals surface area contributed by atoms with Gasteiger partial charge in [-0.3, -0.25) is 9.36 Å². The molecule has 2 heterocycles. The van der Waals surface area contributed by atoms with Gasteiger partial charge in [0.1, 0.15) is 16.6 Å². The molecule has 0 aliphatic carbocycles. The average Bonchev–Trinajstić information content (AvgIpc) is 3.04. The van der Waals surface area contributed by atoms with E-state index in [1.54, 1.807) is 0 Å². The first-order chi connectivity index (χ1) is 11.1. The Morgan fingerprint density at radius 2 is 2.00 bits per heavy atom. The van der Waals surface area contributed by atoms with E-state index in [4.69, 9.17) is 5.26 Å². The number of thiazole rings is 1. The van der Waals surface area contributed by atoms with Crippen LogP contribution in [0.15, 0.2) is 51.5 Å². The van der Waals surface area contributed by atoms with Crippen molar-refractivity contribution in [1.29, 1.82) is 5.26 Å². The molecule has 23 heavy (non-hydrogen) atoms. The summed E-state index contributed by atoms with van der Waals surface area (Å²) in [6.45, 7) is 0.0460. The van der Waals surface area contributed by atoms with Crippen molar-refractivity contribution in [2.24, 2.45) is 7.05 Å². The largest absolute Gasteiger partial charge is 0.331 e. The molecule has 0 atom stereocenters. The zero-order valence-corrected chi connectivity index (χ0v) is 13.1. The Balaban J connectivity index is 2.00. The number of hydrogen-bond acceptors (Lipinski definition) is 5. The Morgan fingerprint density at radius 1 is 1.26 bits per heavy atom. The van der Waals surface area contributed by atoms with Crippen molar-refractivity contribution in [3.8, 4) is 16.6 Å². The van der Waals surface area contributed by atoms with Gasteiger partial charge in [0, 0.05) is 24.2 Å². The third-order valence-electron chi connectivity index (χ3n) is 3.34. The van der Waals surface area contributed by atoms with Crippen LogP contribution in [0.2, 0.25) is 0 Å². The monoisotopic (exact) mass is 324 g/mol. The minimum atomic E-state index is -0.593. The molecule has 0 N–H and O–H groups in total. The first-order valence-electron chi connectivity index (χ1n) is 6.80. The van der Waals surface area contributed by atoms with Gasteiger partial charge in [-0.05, 0) is 0 Å². The van der Waals surface area contributed by atoms with Crippen LogP contribution in [-0.4, -0.2) is 14.1 Å². The Kier molecular flexibility index (Phi) is 3.91. The van der Waals surface area contributed by atoms with Gasteiger partial charge >= 0.3 is 5.69 Å². The highest BCUT2D eigenvalue weighted by molar-refractivity contribution is 7.13. The van der Waals surface area contributed by atoms with Crippen LogP contribution < -0.4 is 11.2 Å². The van der Waals surface area contributed by atoms with Crippen LogP contribution in [0.25, 0.3) is 10.6 Å². The van der Waals surface area contributed by atoms with Crippen molar-refractivity contribution >= 4 is 11.3 Å².